The van der Waals surface area contributed by atoms with Crippen LogP contribution in [0, 0.1) is 5.41 Å². The number of rotatable bonds is 2. The van der Waals surface area contributed by atoms with Gasteiger partial charge in [0.15, 0.2) is 5.96 Å². The van der Waals surface area contributed by atoms with Crippen molar-refractivity contribution in [3.05, 3.63) is 0 Å². The number of guanidine groups is 1. The predicted molar refractivity (Wildman–Crippen MR) is 87.3 cm³/mol. The van der Waals surface area contributed by atoms with Gasteiger partial charge in [0.05, 0.1) is 17.7 Å². The molecule has 1 aliphatic heterocycles. The minimum absolute atomic E-state index is 0.0719. The van der Waals surface area contributed by atoms with Crippen molar-refractivity contribution in [2.24, 2.45) is 16.1 Å². The van der Waals surface area contributed by atoms with Gasteiger partial charge in [0.1, 0.15) is 0 Å². The smallest absolute Gasteiger partial charge is 0.191 e. The van der Waals surface area contributed by atoms with E-state index in [0.717, 1.165) is 37.0 Å². The SMILES string of the molecule is CC(C)(C)O[C@@H]1C[C@H](N=C(N)N2CCSCC2)C1(C)C. The summed E-state index contributed by atoms with van der Waals surface area (Å²) in [5.41, 5.74) is 6.16. The Morgan fingerprint density at radius 1 is 1.30 bits per heavy atom. The molecule has 4 nitrogen and oxygen atoms in total. The van der Waals surface area contributed by atoms with Crippen LogP contribution in [0.4, 0.5) is 0 Å². The molecule has 0 aromatic heterocycles. The lowest BCUT2D eigenvalue weighted by atomic mass is 9.64. The van der Waals surface area contributed by atoms with Crippen molar-refractivity contribution in [3.8, 4) is 0 Å². The van der Waals surface area contributed by atoms with Gasteiger partial charge in [-0.1, -0.05) is 13.8 Å². The summed E-state index contributed by atoms with van der Waals surface area (Å²) in [6, 6.07) is 0.282. The molecule has 20 heavy (non-hydrogen) atoms. The van der Waals surface area contributed by atoms with Gasteiger partial charge in [0.25, 0.3) is 0 Å². The third-order valence-electron chi connectivity index (χ3n) is 4.25. The first kappa shape index (κ1) is 16.0. The number of ether oxygens (including phenoxy) is 1. The maximum Gasteiger partial charge on any atom is 0.191 e. The maximum absolute atomic E-state index is 6.18. The standard InChI is InChI=1S/C15H29N3OS/c1-14(2,3)19-12-10-11(15(12,4)5)17-13(16)18-6-8-20-9-7-18/h11-12H,6-10H2,1-5H3,(H2,16,17)/t11-,12+/m0/s1. The number of hydrogen-bond donors (Lipinski definition) is 1. The lowest BCUT2D eigenvalue weighted by Gasteiger charge is -2.51. The zero-order chi connectivity index (χ0) is 15.0. The molecule has 116 valence electrons. The Morgan fingerprint density at radius 3 is 2.40 bits per heavy atom. The fourth-order valence-electron chi connectivity index (χ4n) is 2.74. The van der Waals surface area contributed by atoms with Gasteiger partial charge in [-0.05, 0) is 27.2 Å². The van der Waals surface area contributed by atoms with Gasteiger partial charge in [-0.15, -0.1) is 0 Å². The zero-order valence-corrected chi connectivity index (χ0v) is 14.3. The van der Waals surface area contributed by atoms with Crippen molar-refractivity contribution in [2.75, 3.05) is 24.6 Å². The van der Waals surface area contributed by atoms with Crippen LogP contribution in [0.1, 0.15) is 41.0 Å². The quantitative estimate of drug-likeness (QED) is 0.628. The molecular weight excluding hydrogens is 270 g/mol. The summed E-state index contributed by atoms with van der Waals surface area (Å²) in [4.78, 5) is 6.98. The normalized spacial score (nSPS) is 31.1. The van der Waals surface area contributed by atoms with Crippen molar-refractivity contribution < 1.29 is 4.74 Å². The zero-order valence-electron chi connectivity index (χ0n) is 13.5. The van der Waals surface area contributed by atoms with Gasteiger partial charge < -0.3 is 15.4 Å². The Morgan fingerprint density at radius 2 is 1.90 bits per heavy atom. The van der Waals surface area contributed by atoms with Crippen LogP contribution in [-0.4, -0.2) is 53.2 Å². The van der Waals surface area contributed by atoms with Crippen LogP contribution in [0.15, 0.2) is 4.99 Å². The monoisotopic (exact) mass is 299 g/mol. The molecule has 2 N–H and O–H groups in total. The van der Waals surface area contributed by atoms with E-state index in [9.17, 15) is 0 Å². The third-order valence-corrected chi connectivity index (χ3v) is 5.19. The fourth-order valence-corrected chi connectivity index (χ4v) is 3.65. The summed E-state index contributed by atoms with van der Waals surface area (Å²) in [6.45, 7) is 12.9. The number of nitrogens with two attached hydrogens (primary N) is 1. The second kappa shape index (κ2) is 5.76. The van der Waals surface area contributed by atoms with Gasteiger partial charge in [-0.3, -0.25) is 0 Å². The van der Waals surface area contributed by atoms with Gasteiger partial charge in [-0.25, -0.2) is 4.99 Å². The Hall–Kier alpha value is -0.420. The topological polar surface area (TPSA) is 50.9 Å². The van der Waals surface area contributed by atoms with Crippen LogP contribution in [0.5, 0.6) is 0 Å². The molecule has 0 aromatic rings. The molecule has 5 heteroatoms. The van der Waals surface area contributed by atoms with E-state index in [0.29, 0.717) is 0 Å². The summed E-state index contributed by atoms with van der Waals surface area (Å²) in [7, 11) is 0. The molecule has 0 aromatic carbocycles. The number of thioether (sulfide) groups is 1. The summed E-state index contributed by atoms with van der Waals surface area (Å²) in [5, 5.41) is 0. The minimum Gasteiger partial charge on any atom is -0.372 e. The molecule has 1 aliphatic carbocycles. The molecule has 0 spiro atoms. The molecule has 2 fully saturated rings. The number of aliphatic imine (C=N–C) groups is 1. The van der Waals surface area contributed by atoms with E-state index < -0.39 is 0 Å². The lowest BCUT2D eigenvalue weighted by Crippen LogP contribution is -2.57. The van der Waals surface area contributed by atoms with Crippen molar-refractivity contribution in [2.45, 2.75) is 58.8 Å². The molecule has 0 bridgehead atoms. The van der Waals surface area contributed by atoms with Crippen LogP contribution >= 0.6 is 11.8 Å². The molecule has 2 aliphatic rings. The van der Waals surface area contributed by atoms with Gasteiger partial charge in [0, 0.05) is 30.0 Å². The van der Waals surface area contributed by atoms with Gasteiger partial charge >= 0.3 is 0 Å². The second-order valence-corrected chi connectivity index (χ2v) is 8.60. The van der Waals surface area contributed by atoms with E-state index in [-0.39, 0.29) is 23.2 Å². The molecule has 1 saturated heterocycles. The largest absolute Gasteiger partial charge is 0.372 e. The third kappa shape index (κ3) is 3.61. The first-order valence-corrected chi connectivity index (χ1v) is 8.69. The van der Waals surface area contributed by atoms with Crippen LogP contribution in [0.2, 0.25) is 0 Å². The van der Waals surface area contributed by atoms with Crippen LogP contribution in [-0.2, 0) is 4.74 Å². The predicted octanol–water partition coefficient (Wildman–Crippen LogP) is 2.33. The highest BCUT2D eigenvalue weighted by Gasteiger charge is 2.50. The van der Waals surface area contributed by atoms with E-state index in [2.05, 4.69) is 39.5 Å². The molecule has 1 saturated carbocycles. The summed E-state index contributed by atoms with van der Waals surface area (Å²) in [5.74, 6) is 3.03. The highest BCUT2D eigenvalue weighted by molar-refractivity contribution is 7.99. The lowest BCUT2D eigenvalue weighted by molar-refractivity contribution is -0.166. The Labute approximate surface area is 127 Å². The Kier molecular flexibility index (Phi) is 4.59. The summed E-state index contributed by atoms with van der Waals surface area (Å²) in [6.07, 6.45) is 1.26. The summed E-state index contributed by atoms with van der Waals surface area (Å²) < 4.78 is 6.12. The van der Waals surface area contributed by atoms with E-state index in [4.69, 9.17) is 15.5 Å². The highest BCUT2D eigenvalue weighted by Crippen LogP contribution is 2.46. The number of hydrogen-bond acceptors (Lipinski definition) is 3. The molecule has 1 heterocycles. The van der Waals surface area contributed by atoms with Crippen molar-refractivity contribution in [1.82, 2.24) is 4.90 Å². The van der Waals surface area contributed by atoms with E-state index in [1.165, 1.54) is 0 Å². The average Bonchev–Trinajstić information content (AvgIpc) is 2.37. The molecule has 2 rings (SSSR count). The number of nitrogens with zero attached hydrogens (tertiary/aromatic N) is 2. The van der Waals surface area contributed by atoms with E-state index in [1.54, 1.807) is 0 Å². The van der Waals surface area contributed by atoms with Gasteiger partial charge in [-0.2, -0.15) is 11.8 Å². The van der Waals surface area contributed by atoms with Crippen molar-refractivity contribution in [1.29, 1.82) is 0 Å². The average molecular weight is 299 g/mol. The van der Waals surface area contributed by atoms with Crippen LogP contribution in [0.3, 0.4) is 0 Å². The molecular formula is C15H29N3OS. The van der Waals surface area contributed by atoms with Gasteiger partial charge in [0.2, 0.25) is 0 Å². The van der Waals surface area contributed by atoms with E-state index >= 15 is 0 Å². The molecule has 2 atom stereocenters. The Bertz CT molecular complexity index is 370. The first-order valence-electron chi connectivity index (χ1n) is 7.54. The van der Waals surface area contributed by atoms with Crippen LogP contribution in [0.25, 0.3) is 0 Å². The fraction of sp³-hybridized carbons (Fsp3) is 0.933. The second-order valence-electron chi connectivity index (χ2n) is 7.38. The molecule has 0 unspecified atom stereocenters. The molecule has 0 amide bonds. The van der Waals surface area contributed by atoms with Crippen molar-refractivity contribution in [3.63, 3.8) is 0 Å². The van der Waals surface area contributed by atoms with Crippen molar-refractivity contribution >= 4 is 17.7 Å². The van der Waals surface area contributed by atoms with Crippen LogP contribution < -0.4 is 5.73 Å². The van der Waals surface area contributed by atoms with E-state index in [1.807, 2.05) is 11.8 Å². The minimum atomic E-state index is -0.0910. The molecule has 0 radical (unpaired) electrons. The summed E-state index contributed by atoms with van der Waals surface area (Å²) >= 11 is 1.99. The first-order chi connectivity index (χ1) is 9.20. The highest BCUT2D eigenvalue weighted by atomic mass is 32.2. The maximum atomic E-state index is 6.18. The Balaban J connectivity index is 1.94.